The molecule has 24 heavy (non-hydrogen) atoms. The Morgan fingerprint density at radius 1 is 1.29 bits per heavy atom. The Morgan fingerprint density at radius 2 is 2.12 bits per heavy atom. The van der Waals surface area contributed by atoms with E-state index in [2.05, 4.69) is 42.7 Å². The molecule has 4 heteroatoms. The summed E-state index contributed by atoms with van der Waals surface area (Å²) < 4.78 is 0. The highest BCUT2D eigenvalue weighted by Crippen LogP contribution is 2.27. The number of likely N-dealkylation sites (N-methyl/N-ethyl adjacent to an activating group) is 1. The van der Waals surface area contributed by atoms with Crippen LogP contribution in [0.5, 0.6) is 0 Å². The summed E-state index contributed by atoms with van der Waals surface area (Å²) in [5.74, 6) is -0.0226. The monoisotopic (exact) mass is 320 g/mol. The van der Waals surface area contributed by atoms with Crippen molar-refractivity contribution in [3.8, 4) is 6.07 Å². The number of anilines is 1. The number of aryl methyl sites for hydroxylation is 1. The summed E-state index contributed by atoms with van der Waals surface area (Å²) in [6.45, 7) is 0.412. The van der Waals surface area contributed by atoms with E-state index in [0.29, 0.717) is 23.8 Å². The van der Waals surface area contributed by atoms with Crippen molar-refractivity contribution in [2.75, 3.05) is 18.9 Å². The SMILES string of the molecule is C[NH+](CC(=O)Nc1cccc(C#N)c1)[C@H]1CCCc2ccccc21. The first kappa shape index (κ1) is 16.2. The maximum Gasteiger partial charge on any atom is 0.279 e. The molecule has 122 valence electrons. The van der Waals surface area contributed by atoms with Gasteiger partial charge in [-0.15, -0.1) is 0 Å². The molecule has 0 saturated heterocycles. The van der Waals surface area contributed by atoms with Gasteiger partial charge in [-0.05, 0) is 36.6 Å². The van der Waals surface area contributed by atoms with Crippen molar-refractivity contribution in [1.82, 2.24) is 0 Å². The molecule has 1 aliphatic rings. The van der Waals surface area contributed by atoms with Gasteiger partial charge >= 0.3 is 0 Å². The van der Waals surface area contributed by atoms with Crippen LogP contribution in [0.25, 0.3) is 0 Å². The van der Waals surface area contributed by atoms with Gasteiger partial charge in [-0.25, -0.2) is 0 Å². The summed E-state index contributed by atoms with van der Waals surface area (Å²) in [7, 11) is 2.08. The second kappa shape index (κ2) is 7.29. The molecule has 2 atom stereocenters. The van der Waals surface area contributed by atoms with Crippen LogP contribution in [0.1, 0.15) is 35.6 Å². The van der Waals surface area contributed by atoms with Crippen LogP contribution >= 0.6 is 0 Å². The van der Waals surface area contributed by atoms with Crippen LogP contribution in [0.3, 0.4) is 0 Å². The third-order valence-corrected chi connectivity index (χ3v) is 4.68. The minimum absolute atomic E-state index is 0.0226. The molecule has 2 N–H and O–H groups in total. The molecule has 2 aromatic carbocycles. The van der Waals surface area contributed by atoms with Gasteiger partial charge < -0.3 is 10.2 Å². The van der Waals surface area contributed by atoms with Crippen LogP contribution in [0.4, 0.5) is 5.69 Å². The lowest BCUT2D eigenvalue weighted by atomic mass is 9.87. The number of quaternary nitrogens is 1. The van der Waals surface area contributed by atoms with Crippen molar-refractivity contribution in [2.24, 2.45) is 0 Å². The number of amides is 1. The van der Waals surface area contributed by atoms with Crippen molar-refractivity contribution in [1.29, 1.82) is 5.26 Å². The molecule has 0 aliphatic heterocycles. The number of hydrogen-bond acceptors (Lipinski definition) is 2. The molecule has 3 rings (SSSR count). The Morgan fingerprint density at radius 3 is 2.96 bits per heavy atom. The zero-order valence-electron chi connectivity index (χ0n) is 13.9. The van der Waals surface area contributed by atoms with E-state index in [9.17, 15) is 4.79 Å². The summed E-state index contributed by atoms with van der Waals surface area (Å²) >= 11 is 0. The molecule has 4 nitrogen and oxygen atoms in total. The van der Waals surface area contributed by atoms with Crippen molar-refractivity contribution >= 4 is 11.6 Å². The summed E-state index contributed by atoms with van der Waals surface area (Å²) in [4.78, 5) is 13.6. The quantitative estimate of drug-likeness (QED) is 0.906. The van der Waals surface area contributed by atoms with E-state index in [4.69, 9.17) is 5.26 Å². The molecule has 0 radical (unpaired) electrons. The fourth-order valence-electron chi connectivity index (χ4n) is 3.51. The summed E-state index contributed by atoms with van der Waals surface area (Å²) in [6.07, 6.45) is 3.41. The molecular weight excluding hydrogens is 298 g/mol. The van der Waals surface area contributed by atoms with Gasteiger partial charge in [0.1, 0.15) is 6.04 Å². The van der Waals surface area contributed by atoms with Gasteiger partial charge in [0.25, 0.3) is 5.91 Å². The van der Waals surface area contributed by atoms with Crippen molar-refractivity contribution in [3.63, 3.8) is 0 Å². The molecule has 1 aliphatic carbocycles. The zero-order valence-corrected chi connectivity index (χ0v) is 13.9. The van der Waals surface area contributed by atoms with Crippen LogP contribution in [-0.2, 0) is 11.2 Å². The first-order valence-electron chi connectivity index (χ1n) is 8.37. The zero-order chi connectivity index (χ0) is 16.9. The van der Waals surface area contributed by atoms with Crippen molar-refractivity contribution in [3.05, 3.63) is 65.2 Å². The summed E-state index contributed by atoms with van der Waals surface area (Å²) in [6, 6.07) is 18.0. The van der Waals surface area contributed by atoms with Crippen molar-refractivity contribution in [2.45, 2.75) is 25.3 Å². The van der Waals surface area contributed by atoms with E-state index in [0.717, 1.165) is 12.8 Å². The van der Waals surface area contributed by atoms with E-state index >= 15 is 0 Å². The average molecular weight is 320 g/mol. The predicted octanol–water partition coefficient (Wildman–Crippen LogP) is 2.09. The van der Waals surface area contributed by atoms with Crippen LogP contribution in [-0.4, -0.2) is 19.5 Å². The molecule has 1 amide bonds. The molecule has 0 saturated carbocycles. The lowest BCUT2D eigenvalue weighted by Gasteiger charge is -2.30. The molecule has 2 aromatic rings. The number of benzene rings is 2. The fraction of sp³-hybridized carbons (Fsp3) is 0.300. The third kappa shape index (κ3) is 3.64. The van der Waals surface area contributed by atoms with Gasteiger partial charge in [0.05, 0.1) is 18.7 Å². The van der Waals surface area contributed by atoms with Gasteiger partial charge in [0.15, 0.2) is 6.54 Å². The van der Waals surface area contributed by atoms with Crippen LogP contribution < -0.4 is 10.2 Å². The van der Waals surface area contributed by atoms with Gasteiger partial charge in [-0.3, -0.25) is 4.79 Å². The predicted molar refractivity (Wildman–Crippen MR) is 93.7 cm³/mol. The van der Waals surface area contributed by atoms with Gasteiger partial charge in [-0.1, -0.05) is 30.3 Å². The Bertz CT molecular complexity index is 778. The third-order valence-electron chi connectivity index (χ3n) is 4.68. The Hall–Kier alpha value is -2.64. The fourth-order valence-corrected chi connectivity index (χ4v) is 3.51. The van der Waals surface area contributed by atoms with Crippen molar-refractivity contribution < 1.29 is 9.69 Å². The number of carbonyl (C=O) groups is 1. The number of rotatable bonds is 4. The number of fused-ring (bicyclic) bond motifs is 1. The standard InChI is InChI=1S/C20H21N3O/c1-23(19-11-5-8-16-7-2-3-10-18(16)19)14-20(24)22-17-9-4-6-15(12-17)13-21/h2-4,6-7,9-10,12,19H,5,8,11,14H2,1H3,(H,22,24)/p+1/t19-/m0/s1. The first-order valence-corrected chi connectivity index (χ1v) is 8.37. The summed E-state index contributed by atoms with van der Waals surface area (Å²) in [5.41, 5.74) is 4.02. The van der Waals surface area contributed by atoms with Gasteiger partial charge in [0, 0.05) is 17.7 Å². The molecule has 0 spiro atoms. The summed E-state index contributed by atoms with van der Waals surface area (Å²) in [5, 5.41) is 11.8. The molecule has 0 fully saturated rings. The second-order valence-electron chi connectivity index (χ2n) is 6.41. The van der Waals surface area contributed by atoms with E-state index < -0.39 is 0 Å². The number of nitrogens with one attached hydrogen (secondary N) is 2. The van der Waals surface area contributed by atoms with Gasteiger partial charge in [-0.2, -0.15) is 5.26 Å². The average Bonchev–Trinajstić information content (AvgIpc) is 2.61. The molecular formula is C20H22N3O+. The minimum Gasteiger partial charge on any atom is -0.323 e. The minimum atomic E-state index is -0.0226. The van der Waals surface area contributed by atoms with E-state index in [1.165, 1.54) is 22.4 Å². The van der Waals surface area contributed by atoms with E-state index in [-0.39, 0.29) is 5.91 Å². The lowest BCUT2D eigenvalue weighted by molar-refractivity contribution is -0.905. The number of nitriles is 1. The number of hydrogen-bond donors (Lipinski definition) is 2. The van der Waals surface area contributed by atoms with Gasteiger partial charge in [0.2, 0.25) is 0 Å². The van der Waals surface area contributed by atoms with Crippen LogP contribution in [0.15, 0.2) is 48.5 Å². The Balaban J connectivity index is 1.66. The lowest BCUT2D eigenvalue weighted by Crippen LogP contribution is -3.10. The maximum absolute atomic E-state index is 12.4. The molecule has 1 unspecified atom stereocenters. The van der Waals surface area contributed by atoms with Crippen LogP contribution in [0.2, 0.25) is 0 Å². The molecule has 0 heterocycles. The number of carbonyl (C=O) groups excluding carboxylic acids is 1. The Kier molecular flexibility index (Phi) is 4.93. The molecule has 0 bridgehead atoms. The number of nitrogens with zero attached hydrogens (tertiary/aromatic N) is 1. The van der Waals surface area contributed by atoms with E-state index in [1.54, 1.807) is 18.2 Å². The molecule has 0 aromatic heterocycles. The largest absolute Gasteiger partial charge is 0.323 e. The first-order chi connectivity index (χ1) is 11.7. The Labute approximate surface area is 142 Å². The second-order valence-corrected chi connectivity index (χ2v) is 6.41. The normalized spacial score (nSPS) is 17.4. The van der Waals surface area contributed by atoms with E-state index in [1.807, 2.05) is 6.07 Å². The maximum atomic E-state index is 12.4. The smallest absolute Gasteiger partial charge is 0.279 e. The highest BCUT2D eigenvalue weighted by molar-refractivity contribution is 5.91. The highest BCUT2D eigenvalue weighted by atomic mass is 16.2. The topological polar surface area (TPSA) is 57.3 Å². The van der Waals surface area contributed by atoms with Crippen LogP contribution in [0, 0.1) is 11.3 Å². The highest BCUT2D eigenvalue weighted by Gasteiger charge is 2.27.